The number of hydrogen-bond acceptors (Lipinski definition) is 2. The Morgan fingerprint density at radius 3 is 1.87 bits per heavy atom. The first kappa shape index (κ1) is 14.1. The van der Waals surface area contributed by atoms with E-state index in [2.05, 4.69) is 52.4 Å². The summed E-state index contributed by atoms with van der Waals surface area (Å²) in [6, 6.07) is 21.0. The Morgan fingerprint density at radius 2 is 1.22 bits per heavy atom. The van der Waals surface area contributed by atoms with Gasteiger partial charge in [-0.05, 0) is 42.2 Å². The maximum Gasteiger partial charge on any atom is 0.159 e. The molecule has 0 saturated heterocycles. The van der Waals surface area contributed by atoms with Gasteiger partial charge in [0.2, 0.25) is 0 Å². The predicted molar refractivity (Wildman–Crippen MR) is 93.2 cm³/mol. The summed E-state index contributed by atoms with van der Waals surface area (Å²) < 4.78 is 0. The lowest BCUT2D eigenvalue weighted by Crippen LogP contribution is -1.98. The van der Waals surface area contributed by atoms with Gasteiger partial charge < -0.3 is 0 Å². The minimum atomic E-state index is 0.588. The van der Waals surface area contributed by atoms with Crippen molar-refractivity contribution >= 4 is 0 Å². The molecule has 0 N–H and O–H groups in total. The average Bonchev–Trinajstić information content (AvgIpc) is 3.14. The van der Waals surface area contributed by atoms with Crippen molar-refractivity contribution in [2.24, 2.45) is 0 Å². The van der Waals surface area contributed by atoms with Gasteiger partial charge in [-0.3, -0.25) is 0 Å². The highest BCUT2D eigenvalue weighted by Gasteiger charge is 2.27. The molecular weight excluding hydrogens is 280 g/mol. The predicted octanol–water partition coefficient (Wildman–Crippen LogP) is 5.19. The number of benzene rings is 2. The molecule has 0 aliphatic heterocycles. The third kappa shape index (κ3) is 3.02. The summed E-state index contributed by atoms with van der Waals surface area (Å²) in [6.45, 7) is 0. The van der Waals surface area contributed by atoms with Crippen molar-refractivity contribution in [2.75, 3.05) is 0 Å². The van der Waals surface area contributed by atoms with Crippen LogP contribution >= 0.6 is 0 Å². The molecule has 1 fully saturated rings. The standard InChI is InChI=1S/C21H20N2/c1-3-7-16(8-4-1)18-11-12-19(13-18)20-14-22-21(23-15-20)17-9-5-2-6-10-17/h1-10,14-15,18-19H,11-13H2. The maximum absolute atomic E-state index is 4.58. The van der Waals surface area contributed by atoms with E-state index in [-0.39, 0.29) is 0 Å². The first-order valence-corrected chi connectivity index (χ1v) is 8.32. The van der Waals surface area contributed by atoms with E-state index in [0.717, 1.165) is 11.4 Å². The molecule has 1 aliphatic rings. The molecule has 23 heavy (non-hydrogen) atoms. The quantitative estimate of drug-likeness (QED) is 0.665. The second kappa shape index (κ2) is 6.33. The molecule has 2 nitrogen and oxygen atoms in total. The minimum absolute atomic E-state index is 0.588. The van der Waals surface area contributed by atoms with E-state index in [1.165, 1.54) is 30.4 Å². The zero-order chi connectivity index (χ0) is 15.5. The second-order valence-electron chi connectivity index (χ2n) is 6.32. The molecule has 1 saturated carbocycles. The molecule has 1 aromatic heterocycles. The van der Waals surface area contributed by atoms with Gasteiger partial charge in [0, 0.05) is 18.0 Å². The normalized spacial score (nSPS) is 20.5. The van der Waals surface area contributed by atoms with Crippen molar-refractivity contribution in [2.45, 2.75) is 31.1 Å². The van der Waals surface area contributed by atoms with E-state index in [1.807, 2.05) is 30.6 Å². The SMILES string of the molecule is c1ccc(-c2ncc(C3CCC(c4ccccc4)C3)cn2)cc1. The Morgan fingerprint density at radius 1 is 0.652 bits per heavy atom. The molecule has 2 aromatic carbocycles. The fourth-order valence-electron chi connectivity index (χ4n) is 3.60. The summed E-state index contributed by atoms with van der Waals surface area (Å²) in [5.74, 6) is 2.08. The van der Waals surface area contributed by atoms with Crippen molar-refractivity contribution in [1.29, 1.82) is 0 Å². The molecule has 0 bridgehead atoms. The van der Waals surface area contributed by atoms with Crippen molar-refractivity contribution in [3.63, 3.8) is 0 Å². The van der Waals surface area contributed by atoms with Crippen LogP contribution in [0.2, 0.25) is 0 Å². The largest absolute Gasteiger partial charge is 0.236 e. The summed E-state index contributed by atoms with van der Waals surface area (Å²) in [6.07, 6.45) is 7.74. The van der Waals surface area contributed by atoms with Gasteiger partial charge in [-0.15, -0.1) is 0 Å². The number of aromatic nitrogens is 2. The molecule has 0 spiro atoms. The molecule has 114 valence electrons. The van der Waals surface area contributed by atoms with E-state index >= 15 is 0 Å². The number of rotatable bonds is 3. The van der Waals surface area contributed by atoms with Crippen LogP contribution in [0.1, 0.15) is 42.2 Å². The Kier molecular flexibility index (Phi) is 3.89. The molecule has 4 rings (SSSR count). The van der Waals surface area contributed by atoms with Crippen LogP contribution in [0.15, 0.2) is 73.1 Å². The number of nitrogens with zero attached hydrogens (tertiary/aromatic N) is 2. The fraction of sp³-hybridized carbons (Fsp3) is 0.238. The third-order valence-corrected chi connectivity index (χ3v) is 4.88. The fourth-order valence-corrected chi connectivity index (χ4v) is 3.60. The van der Waals surface area contributed by atoms with Gasteiger partial charge in [-0.1, -0.05) is 60.7 Å². The summed E-state index contributed by atoms with van der Waals surface area (Å²) in [4.78, 5) is 9.16. The van der Waals surface area contributed by atoms with E-state index in [1.54, 1.807) is 0 Å². The lowest BCUT2D eigenvalue weighted by atomic mass is 9.94. The Hall–Kier alpha value is -2.48. The summed E-state index contributed by atoms with van der Waals surface area (Å²) >= 11 is 0. The van der Waals surface area contributed by atoms with Gasteiger partial charge in [0.15, 0.2) is 5.82 Å². The van der Waals surface area contributed by atoms with Gasteiger partial charge >= 0.3 is 0 Å². The molecule has 2 atom stereocenters. The zero-order valence-corrected chi connectivity index (χ0v) is 13.1. The monoisotopic (exact) mass is 300 g/mol. The van der Waals surface area contributed by atoms with Crippen LogP contribution in [0.25, 0.3) is 11.4 Å². The van der Waals surface area contributed by atoms with Gasteiger partial charge in [-0.2, -0.15) is 0 Å². The molecule has 3 aromatic rings. The van der Waals surface area contributed by atoms with Gasteiger partial charge in [0.05, 0.1) is 0 Å². The van der Waals surface area contributed by atoms with Gasteiger partial charge in [0.25, 0.3) is 0 Å². The zero-order valence-electron chi connectivity index (χ0n) is 13.1. The Labute approximate surface area is 137 Å². The first-order chi connectivity index (χ1) is 11.4. The topological polar surface area (TPSA) is 25.8 Å². The lowest BCUT2D eigenvalue weighted by molar-refractivity contribution is 0.681. The highest BCUT2D eigenvalue weighted by atomic mass is 14.9. The van der Waals surface area contributed by atoms with Crippen LogP contribution in [0, 0.1) is 0 Å². The van der Waals surface area contributed by atoms with Crippen molar-refractivity contribution in [3.05, 3.63) is 84.2 Å². The van der Waals surface area contributed by atoms with Crippen LogP contribution in [0.4, 0.5) is 0 Å². The third-order valence-electron chi connectivity index (χ3n) is 4.88. The highest BCUT2D eigenvalue weighted by molar-refractivity contribution is 5.54. The van der Waals surface area contributed by atoms with Crippen LogP contribution in [0.5, 0.6) is 0 Å². The lowest BCUT2D eigenvalue weighted by Gasteiger charge is -2.12. The average molecular weight is 300 g/mol. The van der Waals surface area contributed by atoms with Gasteiger partial charge in [0.1, 0.15) is 0 Å². The van der Waals surface area contributed by atoms with E-state index in [4.69, 9.17) is 0 Å². The molecule has 2 heteroatoms. The summed E-state index contributed by atoms with van der Waals surface area (Å²) in [7, 11) is 0. The highest BCUT2D eigenvalue weighted by Crippen LogP contribution is 2.43. The smallest absolute Gasteiger partial charge is 0.159 e. The first-order valence-electron chi connectivity index (χ1n) is 8.32. The van der Waals surface area contributed by atoms with Crippen LogP contribution in [0.3, 0.4) is 0 Å². The second-order valence-corrected chi connectivity index (χ2v) is 6.32. The molecule has 0 radical (unpaired) electrons. The number of hydrogen-bond donors (Lipinski definition) is 0. The summed E-state index contributed by atoms with van der Waals surface area (Å²) in [5, 5.41) is 0. The Balaban J connectivity index is 1.49. The molecule has 1 heterocycles. The van der Waals surface area contributed by atoms with Crippen molar-refractivity contribution < 1.29 is 0 Å². The Bertz CT molecular complexity index is 751. The van der Waals surface area contributed by atoms with E-state index in [9.17, 15) is 0 Å². The van der Waals surface area contributed by atoms with E-state index in [0.29, 0.717) is 11.8 Å². The molecular formula is C21H20N2. The minimum Gasteiger partial charge on any atom is -0.236 e. The van der Waals surface area contributed by atoms with Crippen LogP contribution in [-0.4, -0.2) is 9.97 Å². The summed E-state index contributed by atoms with van der Waals surface area (Å²) in [5.41, 5.74) is 3.83. The van der Waals surface area contributed by atoms with Gasteiger partial charge in [-0.25, -0.2) is 9.97 Å². The van der Waals surface area contributed by atoms with Crippen LogP contribution < -0.4 is 0 Å². The molecule has 1 aliphatic carbocycles. The van der Waals surface area contributed by atoms with Crippen molar-refractivity contribution in [1.82, 2.24) is 9.97 Å². The molecule has 2 unspecified atom stereocenters. The van der Waals surface area contributed by atoms with E-state index < -0.39 is 0 Å². The molecule has 0 amide bonds. The van der Waals surface area contributed by atoms with Crippen LogP contribution in [-0.2, 0) is 0 Å². The van der Waals surface area contributed by atoms with Crippen molar-refractivity contribution in [3.8, 4) is 11.4 Å². The maximum atomic E-state index is 4.58.